The largest absolute Gasteiger partial charge is 0.478 e. The number of hydrogen-bond donors (Lipinski definition) is 2. The lowest BCUT2D eigenvalue weighted by atomic mass is 10.1. The quantitative estimate of drug-likeness (QED) is 0.881. The number of rotatable bonds is 5. The molecule has 1 heterocycles. The van der Waals surface area contributed by atoms with Crippen LogP contribution in [-0.2, 0) is 6.42 Å². The minimum atomic E-state index is -0.975. The van der Waals surface area contributed by atoms with Crippen LogP contribution in [0.3, 0.4) is 0 Å². The summed E-state index contributed by atoms with van der Waals surface area (Å²) >= 11 is 5.87. The van der Waals surface area contributed by atoms with E-state index in [-0.39, 0.29) is 5.56 Å². The Balaban J connectivity index is 2.03. The second-order valence-corrected chi connectivity index (χ2v) is 4.43. The number of nitrogens with zero attached hydrogens (tertiary/aromatic N) is 1. The topological polar surface area (TPSA) is 62.2 Å². The molecule has 0 spiro atoms. The van der Waals surface area contributed by atoms with Crippen molar-refractivity contribution in [2.45, 2.75) is 6.42 Å². The van der Waals surface area contributed by atoms with E-state index < -0.39 is 5.97 Å². The molecule has 0 saturated carbocycles. The number of benzene rings is 1. The molecule has 0 radical (unpaired) electrons. The number of nitrogens with one attached hydrogen (secondary N) is 1. The molecule has 2 N–H and O–H groups in total. The van der Waals surface area contributed by atoms with Gasteiger partial charge < -0.3 is 10.4 Å². The van der Waals surface area contributed by atoms with Crippen LogP contribution >= 0.6 is 11.6 Å². The van der Waals surface area contributed by atoms with Crippen molar-refractivity contribution in [2.24, 2.45) is 0 Å². The molecule has 0 atom stereocenters. The standard InChI is InChI=1S/C14H13ClN2O2/c15-10-4-5-12(14(18)19)13(9-10)17-8-6-11-3-1-2-7-16-11/h1-5,7,9,17H,6,8H2,(H,18,19). The summed E-state index contributed by atoms with van der Waals surface area (Å²) < 4.78 is 0. The molecule has 98 valence electrons. The fourth-order valence-corrected chi connectivity index (χ4v) is 1.89. The minimum absolute atomic E-state index is 0.213. The highest BCUT2D eigenvalue weighted by Gasteiger charge is 2.09. The predicted octanol–water partition coefficient (Wildman–Crippen LogP) is 3.09. The summed E-state index contributed by atoms with van der Waals surface area (Å²) in [5, 5.41) is 12.7. The Morgan fingerprint density at radius 3 is 2.84 bits per heavy atom. The number of carboxylic acid groups (broad SMARTS) is 1. The van der Waals surface area contributed by atoms with Gasteiger partial charge in [0.05, 0.1) is 11.3 Å². The van der Waals surface area contributed by atoms with Gasteiger partial charge in [-0.3, -0.25) is 4.98 Å². The summed E-state index contributed by atoms with van der Waals surface area (Å²) in [7, 11) is 0. The maximum Gasteiger partial charge on any atom is 0.337 e. The Labute approximate surface area is 116 Å². The fraction of sp³-hybridized carbons (Fsp3) is 0.143. The van der Waals surface area contributed by atoms with Crippen LogP contribution in [0.5, 0.6) is 0 Å². The summed E-state index contributed by atoms with van der Waals surface area (Å²) in [6.45, 7) is 0.595. The van der Waals surface area contributed by atoms with Crippen LogP contribution in [0.25, 0.3) is 0 Å². The fourth-order valence-electron chi connectivity index (χ4n) is 1.72. The van der Waals surface area contributed by atoms with Crippen LogP contribution in [0, 0.1) is 0 Å². The highest BCUT2D eigenvalue weighted by molar-refractivity contribution is 6.31. The van der Waals surface area contributed by atoms with Crippen molar-refractivity contribution in [1.82, 2.24) is 4.98 Å². The van der Waals surface area contributed by atoms with E-state index in [1.807, 2.05) is 18.2 Å². The lowest BCUT2D eigenvalue weighted by Crippen LogP contribution is -2.10. The first-order valence-electron chi connectivity index (χ1n) is 5.83. The first kappa shape index (κ1) is 13.4. The first-order chi connectivity index (χ1) is 9.16. The Hall–Kier alpha value is -2.07. The van der Waals surface area contributed by atoms with Gasteiger partial charge in [0.25, 0.3) is 0 Å². The number of halogens is 1. The Kier molecular flexibility index (Phi) is 4.36. The molecule has 5 heteroatoms. The summed E-state index contributed by atoms with van der Waals surface area (Å²) in [5.74, 6) is -0.975. The molecule has 0 unspecified atom stereocenters. The van der Waals surface area contributed by atoms with Crippen molar-refractivity contribution in [3.8, 4) is 0 Å². The third-order valence-electron chi connectivity index (χ3n) is 2.63. The number of hydrogen-bond acceptors (Lipinski definition) is 3. The molecule has 19 heavy (non-hydrogen) atoms. The molecule has 0 saturated heterocycles. The van der Waals surface area contributed by atoms with Crippen LogP contribution in [0.4, 0.5) is 5.69 Å². The smallest absolute Gasteiger partial charge is 0.337 e. The molecule has 1 aromatic carbocycles. The highest BCUT2D eigenvalue weighted by atomic mass is 35.5. The number of carbonyl (C=O) groups is 1. The second kappa shape index (κ2) is 6.20. The lowest BCUT2D eigenvalue weighted by Gasteiger charge is -2.09. The normalized spacial score (nSPS) is 10.2. The molecule has 2 rings (SSSR count). The third-order valence-corrected chi connectivity index (χ3v) is 2.87. The molecule has 0 aliphatic carbocycles. The van der Waals surface area contributed by atoms with Crippen molar-refractivity contribution in [1.29, 1.82) is 0 Å². The van der Waals surface area contributed by atoms with Gasteiger partial charge in [-0.05, 0) is 30.3 Å². The van der Waals surface area contributed by atoms with E-state index in [1.165, 1.54) is 6.07 Å². The molecule has 0 aliphatic heterocycles. The number of aromatic nitrogens is 1. The number of aromatic carboxylic acids is 1. The van der Waals surface area contributed by atoms with Crippen LogP contribution in [0.15, 0.2) is 42.6 Å². The summed E-state index contributed by atoms with van der Waals surface area (Å²) in [4.78, 5) is 15.3. The first-order valence-corrected chi connectivity index (χ1v) is 6.21. The van der Waals surface area contributed by atoms with Gasteiger partial charge in [0.15, 0.2) is 0 Å². The molecule has 2 aromatic rings. The predicted molar refractivity (Wildman–Crippen MR) is 74.8 cm³/mol. The number of carboxylic acids is 1. The molecular formula is C14H13ClN2O2. The maximum absolute atomic E-state index is 11.1. The van der Waals surface area contributed by atoms with Gasteiger partial charge in [0.1, 0.15) is 0 Å². The maximum atomic E-state index is 11.1. The van der Waals surface area contributed by atoms with Crippen molar-refractivity contribution >= 4 is 23.3 Å². The monoisotopic (exact) mass is 276 g/mol. The van der Waals surface area contributed by atoms with Crippen molar-refractivity contribution in [2.75, 3.05) is 11.9 Å². The Morgan fingerprint density at radius 1 is 1.32 bits per heavy atom. The zero-order valence-corrected chi connectivity index (χ0v) is 10.9. The van der Waals surface area contributed by atoms with Crippen molar-refractivity contribution < 1.29 is 9.90 Å². The third kappa shape index (κ3) is 3.69. The summed E-state index contributed by atoms with van der Waals surface area (Å²) in [6, 6.07) is 10.4. The summed E-state index contributed by atoms with van der Waals surface area (Å²) in [6.07, 6.45) is 2.45. The average Bonchev–Trinajstić information content (AvgIpc) is 2.39. The van der Waals surface area contributed by atoms with Gasteiger partial charge in [-0.2, -0.15) is 0 Å². The Morgan fingerprint density at radius 2 is 2.16 bits per heavy atom. The molecule has 0 fully saturated rings. The SMILES string of the molecule is O=C(O)c1ccc(Cl)cc1NCCc1ccccn1. The summed E-state index contributed by atoms with van der Waals surface area (Å²) in [5.41, 5.74) is 1.69. The molecule has 0 bridgehead atoms. The Bertz CT molecular complexity index is 573. The molecule has 0 amide bonds. The zero-order chi connectivity index (χ0) is 13.7. The van der Waals surface area contributed by atoms with E-state index in [0.29, 0.717) is 23.7 Å². The number of anilines is 1. The lowest BCUT2D eigenvalue weighted by molar-refractivity contribution is 0.0698. The van der Waals surface area contributed by atoms with Crippen LogP contribution in [0.1, 0.15) is 16.1 Å². The van der Waals surface area contributed by atoms with E-state index in [2.05, 4.69) is 10.3 Å². The molecule has 1 aromatic heterocycles. The average molecular weight is 277 g/mol. The van der Waals surface area contributed by atoms with E-state index in [9.17, 15) is 4.79 Å². The van der Waals surface area contributed by atoms with Gasteiger partial charge in [0.2, 0.25) is 0 Å². The van der Waals surface area contributed by atoms with E-state index in [1.54, 1.807) is 18.3 Å². The minimum Gasteiger partial charge on any atom is -0.478 e. The van der Waals surface area contributed by atoms with E-state index in [4.69, 9.17) is 16.7 Å². The van der Waals surface area contributed by atoms with E-state index in [0.717, 1.165) is 5.69 Å². The van der Waals surface area contributed by atoms with Gasteiger partial charge in [0, 0.05) is 29.9 Å². The van der Waals surface area contributed by atoms with Crippen molar-refractivity contribution in [3.63, 3.8) is 0 Å². The molecular weight excluding hydrogens is 264 g/mol. The van der Waals surface area contributed by atoms with Gasteiger partial charge >= 0.3 is 5.97 Å². The van der Waals surface area contributed by atoms with Crippen LogP contribution < -0.4 is 5.32 Å². The highest BCUT2D eigenvalue weighted by Crippen LogP contribution is 2.21. The second-order valence-electron chi connectivity index (χ2n) is 3.99. The van der Waals surface area contributed by atoms with Crippen LogP contribution in [0.2, 0.25) is 5.02 Å². The number of pyridine rings is 1. The molecule has 4 nitrogen and oxygen atoms in total. The molecule has 0 aliphatic rings. The van der Waals surface area contributed by atoms with Gasteiger partial charge in [-0.25, -0.2) is 4.79 Å². The van der Waals surface area contributed by atoms with Gasteiger partial charge in [-0.15, -0.1) is 0 Å². The van der Waals surface area contributed by atoms with Gasteiger partial charge in [-0.1, -0.05) is 17.7 Å². The van der Waals surface area contributed by atoms with E-state index >= 15 is 0 Å². The zero-order valence-electron chi connectivity index (χ0n) is 10.1. The van der Waals surface area contributed by atoms with Crippen LogP contribution in [-0.4, -0.2) is 22.6 Å². The van der Waals surface area contributed by atoms with Crippen molar-refractivity contribution in [3.05, 3.63) is 58.9 Å².